The third-order valence-corrected chi connectivity index (χ3v) is 4.68. The predicted octanol–water partition coefficient (Wildman–Crippen LogP) is 0.684. The van der Waals surface area contributed by atoms with E-state index >= 15 is 0 Å². The summed E-state index contributed by atoms with van der Waals surface area (Å²) in [6.45, 7) is 3.39. The van der Waals surface area contributed by atoms with Crippen molar-refractivity contribution in [1.29, 1.82) is 0 Å². The summed E-state index contributed by atoms with van der Waals surface area (Å²) in [4.78, 5) is 29.5. The lowest BCUT2D eigenvalue weighted by molar-refractivity contribution is -0.148. The maximum Gasteiger partial charge on any atom is 0.229 e. The standard InChI is InChI=1S/C16H23N5O2/c1-11(22)20-9-12(10-20)16(23)21-8-4-5-14(21)13-6-7-15(18-17-13)19(2)3/h6-7,12,14H,4-5,8-10H2,1-3H3. The Morgan fingerprint density at radius 3 is 2.52 bits per heavy atom. The summed E-state index contributed by atoms with van der Waals surface area (Å²) in [5.74, 6) is 0.926. The Morgan fingerprint density at radius 1 is 1.22 bits per heavy atom. The molecule has 2 aliphatic rings. The van der Waals surface area contributed by atoms with E-state index in [1.807, 2.05) is 36.0 Å². The quantitative estimate of drug-likeness (QED) is 0.820. The zero-order chi connectivity index (χ0) is 16.6. The van der Waals surface area contributed by atoms with E-state index in [0.717, 1.165) is 30.9 Å². The van der Waals surface area contributed by atoms with Crippen molar-refractivity contribution in [3.8, 4) is 0 Å². The minimum absolute atomic E-state index is 0.0117. The number of carbonyl (C=O) groups excluding carboxylic acids is 2. The van der Waals surface area contributed by atoms with Gasteiger partial charge in [-0.1, -0.05) is 0 Å². The largest absolute Gasteiger partial charge is 0.361 e. The third kappa shape index (κ3) is 3.00. The maximum absolute atomic E-state index is 12.7. The average molecular weight is 317 g/mol. The van der Waals surface area contributed by atoms with Gasteiger partial charge in [0.25, 0.3) is 0 Å². The number of hydrogen-bond donors (Lipinski definition) is 0. The van der Waals surface area contributed by atoms with Crippen molar-refractivity contribution in [3.63, 3.8) is 0 Å². The molecule has 2 amide bonds. The molecule has 0 spiro atoms. The molecule has 0 aromatic carbocycles. The Kier molecular flexibility index (Phi) is 4.19. The summed E-state index contributed by atoms with van der Waals surface area (Å²) in [7, 11) is 3.85. The van der Waals surface area contributed by atoms with Crippen LogP contribution in [0.5, 0.6) is 0 Å². The van der Waals surface area contributed by atoms with Crippen molar-refractivity contribution in [2.24, 2.45) is 5.92 Å². The number of amides is 2. The van der Waals surface area contributed by atoms with Crippen LogP contribution in [0.4, 0.5) is 5.82 Å². The van der Waals surface area contributed by atoms with Crippen molar-refractivity contribution in [2.45, 2.75) is 25.8 Å². The van der Waals surface area contributed by atoms with Crippen molar-refractivity contribution in [2.75, 3.05) is 38.6 Å². The first kappa shape index (κ1) is 15.7. The number of rotatable bonds is 3. The second kappa shape index (κ2) is 6.14. The zero-order valence-electron chi connectivity index (χ0n) is 13.9. The highest BCUT2D eigenvalue weighted by molar-refractivity contribution is 5.84. The summed E-state index contributed by atoms with van der Waals surface area (Å²) in [5, 5.41) is 8.53. The molecule has 1 aromatic rings. The van der Waals surface area contributed by atoms with Crippen LogP contribution < -0.4 is 4.90 Å². The topological polar surface area (TPSA) is 69.6 Å². The first-order valence-corrected chi connectivity index (χ1v) is 8.04. The molecule has 2 saturated heterocycles. The molecule has 1 atom stereocenters. The highest BCUT2D eigenvalue weighted by Crippen LogP contribution is 2.33. The fourth-order valence-electron chi connectivity index (χ4n) is 3.22. The molecule has 3 rings (SSSR count). The van der Waals surface area contributed by atoms with Gasteiger partial charge >= 0.3 is 0 Å². The Labute approximate surface area is 136 Å². The molecule has 2 aliphatic heterocycles. The molecule has 23 heavy (non-hydrogen) atoms. The van der Waals surface area contributed by atoms with Gasteiger partial charge in [-0.05, 0) is 25.0 Å². The van der Waals surface area contributed by atoms with Gasteiger partial charge in [0.05, 0.1) is 17.7 Å². The normalized spacial score (nSPS) is 21.3. The van der Waals surface area contributed by atoms with E-state index in [2.05, 4.69) is 10.2 Å². The second-order valence-electron chi connectivity index (χ2n) is 6.52. The van der Waals surface area contributed by atoms with Crippen LogP contribution in [0, 0.1) is 5.92 Å². The number of anilines is 1. The Bertz CT molecular complexity index is 595. The van der Waals surface area contributed by atoms with Gasteiger partial charge in [-0.25, -0.2) is 0 Å². The number of aromatic nitrogens is 2. The first-order valence-electron chi connectivity index (χ1n) is 8.04. The van der Waals surface area contributed by atoms with E-state index in [1.165, 1.54) is 0 Å². The van der Waals surface area contributed by atoms with Crippen molar-refractivity contribution >= 4 is 17.6 Å². The summed E-state index contributed by atoms with van der Waals surface area (Å²) in [6.07, 6.45) is 1.90. The molecule has 2 fully saturated rings. The number of carbonyl (C=O) groups is 2. The lowest BCUT2D eigenvalue weighted by Crippen LogP contribution is -2.55. The molecule has 7 heteroatoms. The van der Waals surface area contributed by atoms with E-state index < -0.39 is 0 Å². The van der Waals surface area contributed by atoms with Crippen LogP contribution in [0.3, 0.4) is 0 Å². The van der Waals surface area contributed by atoms with Gasteiger partial charge in [-0.2, -0.15) is 5.10 Å². The molecule has 3 heterocycles. The third-order valence-electron chi connectivity index (χ3n) is 4.68. The summed E-state index contributed by atoms with van der Waals surface area (Å²) < 4.78 is 0. The molecular weight excluding hydrogens is 294 g/mol. The van der Waals surface area contributed by atoms with Crippen molar-refractivity contribution in [1.82, 2.24) is 20.0 Å². The van der Waals surface area contributed by atoms with Crippen LogP contribution in [0.2, 0.25) is 0 Å². The van der Waals surface area contributed by atoms with Crippen LogP contribution in [-0.2, 0) is 9.59 Å². The molecule has 0 aliphatic carbocycles. The van der Waals surface area contributed by atoms with E-state index in [0.29, 0.717) is 13.1 Å². The smallest absolute Gasteiger partial charge is 0.229 e. The van der Waals surface area contributed by atoms with Crippen LogP contribution in [0.25, 0.3) is 0 Å². The van der Waals surface area contributed by atoms with E-state index in [-0.39, 0.29) is 23.8 Å². The van der Waals surface area contributed by atoms with Gasteiger partial charge in [0, 0.05) is 40.7 Å². The van der Waals surface area contributed by atoms with E-state index in [1.54, 1.807) is 11.8 Å². The van der Waals surface area contributed by atoms with Gasteiger partial charge in [0.15, 0.2) is 5.82 Å². The Morgan fingerprint density at radius 2 is 1.96 bits per heavy atom. The lowest BCUT2D eigenvalue weighted by atomic mass is 9.97. The van der Waals surface area contributed by atoms with E-state index in [9.17, 15) is 9.59 Å². The summed E-state index contributed by atoms with van der Waals surface area (Å²) in [6, 6.07) is 3.91. The number of hydrogen-bond acceptors (Lipinski definition) is 5. The Balaban J connectivity index is 1.68. The fourth-order valence-corrected chi connectivity index (χ4v) is 3.22. The monoisotopic (exact) mass is 317 g/mol. The maximum atomic E-state index is 12.7. The fraction of sp³-hybridized carbons (Fsp3) is 0.625. The lowest BCUT2D eigenvalue weighted by Gasteiger charge is -2.40. The van der Waals surface area contributed by atoms with E-state index in [4.69, 9.17) is 0 Å². The van der Waals surface area contributed by atoms with Gasteiger partial charge in [0.1, 0.15) is 0 Å². The molecule has 1 unspecified atom stereocenters. The highest BCUT2D eigenvalue weighted by atomic mass is 16.2. The van der Waals surface area contributed by atoms with Crippen molar-refractivity contribution in [3.05, 3.63) is 17.8 Å². The molecule has 7 nitrogen and oxygen atoms in total. The van der Waals surface area contributed by atoms with Gasteiger partial charge in [0.2, 0.25) is 11.8 Å². The van der Waals surface area contributed by atoms with Gasteiger partial charge in [-0.15, -0.1) is 5.10 Å². The molecule has 1 aromatic heterocycles. The minimum Gasteiger partial charge on any atom is -0.361 e. The van der Waals surface area contributed by atoms with Crippen LogP contribution >= 0.6 is 0 Å². The number of nitrogens with zero attached hydrogens (tertiary/aromatic N) is 5. The molecule has 124 valence electrons. The van der Waals surface area contributed by atoms with Crippen molar-refractivity contribution < 1.29 is 9.59 Å². The second-order valence-corrected chi connectivity index (χ2v) is 6.52. The van der Waals surface area contributed by atoms with Crippen LogP contribution in [0.15, 0.2) is 12.1 Å². The molecule has 0 N–H and O–H groups in total. The van der Waals surface area contributed by atoms with Gasteiger partial charge in [-0.3, -0.25) is 9.59 Å². The SMILES string of the molecule is CC(=O)N1CC(C(=O)N2CCCC2c2ccc(N(C)C)nn2)C1. The molecule has 0 saturated carbocycles. The summed E-state index contributed by atoms with van der Waals surface area (Å²) in [5.41, 5.74) is 0.851. The first-order chi connectivity index (χ1) is 11.0. The Hall–Kier alpha value is -2.18. The van der Waals surface area contributed by atoms with Gasteiger partial charge < -0.3 is 14.7 Å². The average Bonchev–Trinajstić information content (AvgIpc) is 2.94. The number of likely N-dealkylation sites (tertiary alicyclic amines) is 2. The molecule has 0 radical (unpaired) electrons. The predicted molar refractivity (Wildman–Crippen MR) is 85.8 cm³/mol. The minimum atomic E-state index is -0.0616. The highest BCUT2D eigenvalue weighted by Gasteiger charge is 2.40. The zero-order valence-corrected chi connectivity index (χ0v) is 13.9. The summed E-state index contributed by atoms with van der Waals surface area (Å²) >= 11 is 0. The van der Waals surface area contributed by atoms with Crippen LogP contribution in [0.1, 0.15) is 31.5 Å². The molecular formula is C16H23N5O2. The molecule has 0 bridgehead atoms. The van der Waals surface area contributed by atoms with Crippen LogP contribution in [-0.4, -0.2) is 65.5 Å².